The zero-order valence-corrected chi connectivity index (χ0v) is 5.96. The summed E-state index contributed by atoms with van der Waals surface area (Å²) >= 11 is 0. The molecule has 0 atom stereocenters. The predicted molar refractivity (Wildman–Crippen MR) is 30.8 cm³/mol. The van der Waals surface area contributed by atoms with Crippen molar-refractivity contribution >= 4 is 0 Å². The maximum absolute atomic E-state index is 12.5. The van der Waals surface area contributed by atoms with Crippen LogP contribution in [-0.4, -0.2) is 18.5 Å². The van der Waals surface area contributed by atoms with Gasteiger partial charge >= 0.3 is 0 Å². The van der Waals surface area contributed by atoms with E-state index in [2.05, 4.69) is 0 Å². The molecule has 5 heteroatoms. The second-order valence-electron chi connectivity index (χ2n) is 2.28. The molecule has 0 saturated heterocycles. The van der Waals surface area contributed by atoms with Crippen LogP contribution in [0, 0.1) is 0 Å². The van der Waals surface area contributed by atoms with Gasteiger partial charge in [-0.3, -0.25) is 0 Å². The van der Waals surface area contributed by atoms with Gasteiger partial charge in [-0.25, -0.2) is 22.0 Å². The molecule has 68 valence electrons. The molecule has 0 aromatic rings. The van der Waals surface area contributed by atoms with Gasteiger partial charge < -0.3 is 0 Å². The summed E-state index contributed by atoms with van der Waals surface area (Å²) in [7, 11) is 0. The Morgan fingerprint density at radius 1 is 1.09 bits per heavy atom. The quantitative estimate of drug-likeness (QED) is 0.577. The Hall–Kier alpha value is -0.350. The highest BCUT2D eigenvalue weighted by atomic mass is 19.3. The van der Waals surface area contributed by atoms with E-state index in [9.17, 15) is 22.0 Å². The van der Waals surface area contributed by atoms with E-state index in [4.69, 9.17) is 0 Å². The van der Waals surface area contributed by atoms with E-state index in [-0.39, 0.29) is 6.42 Å². The van der Waals surface area contributed by atoms with Crippen molar-refractivity contribution in [2.75, 3.05) is 0 Å². The second-order valence-corrected chi connectivity index (χ2v) is 2.28. The van der Waals surface area contributed by atoms with Crippen molar-refractivity contribution in [2.24, 2.45) is 0 Å². The highest BCUT2D eigenvalue weighted by Crippen LogP contribution is 2.32. The van der Waals surface area contributed by atoms with E-state index in [1.807, 2.05) is 0 Å². The van der Waals surface area contributed by atoms with Gasteiger partial charge in [-0.1, -0.05) is 13.3 Å². The SMILES string of the molecule is CCCC(F)(C(F)F)C(F)F. The first kappa shape index (κ1) is 10.7. The summed E-state index contributed by atoms with van der Waals surface area (Å²) in [5, 5.41) is 0. The smallest absolute Gasteiger partial charge is 0.231 e. The summed E-state index contributed by atoms with van der Waals surface area (Å²) < 4.78 is 59.2. The monoisotopic (exact) mass is 176 g/mol. The molecule has 0 aromatic carbocycles. The molecule has 0 fully saturated rings. The molecule has 0 radical (unpaired) electrons. The molecule has 11 heavy (non-hydrogen) atoms. The van der Waals surface area contributed by atoms with E-state index < -0.39 is 24.9 Å². The van der Waals surface area contributed by atoms with Gasteiger partial charge in [0.25, 0.3) is 12.9 Å². The van der Waals surface area contributed by atoms with Crippen molar-refractivity contribution in [1.82, 2.24) is 0 Å². The Balaban J connectivity index is 4.26. The van der Waals surface area contributed by atoms with Crippen molar-refractivity contribution in [2.45, 2.75) is 38.3 Å². The normalized spacial score (nSPS) is 13.1. The molecule has 0 aliphatic heterocycles. The van der Waals surface area contributed by atoms with Gasteiger partial charge in [0.05, 0.1) is 0 Å². The van der Waals surface area contributed by atoms with Crippen LogP contribution in [0.5, 0.6) is 0 Å². The number of rotatable bonds is 4. The molecule has 0 saturated carbocycles. The van der Waals surface area contributed by atoms with Crippen molar-refractivity contribution in [3.05, 3.63) is 0 Å². The minimum atomic E-state index is -3.62. The topological polar surface area (TPSA) is 0 Å². The van der Waals surface area contributed by atoms with Gasteiger partial charge in [0.15, 0.2) is 0 Å². The fraction of sp³-hybridized carbons (Fsp3) is 1.00. The molecule has 0 nitrogen and oxygen atoms in total. The summed E-state index contributed by atoms with van der Waals surface area (Å²) in [4.78, 5) is 0. The van der Waals surface area contributed by atoms with Crippen molar-refractivity contribution in [1.29, 1.82) is 0 Å². The van der Waals surface area contributed by atoms with Crippen molar-refractivity contribution in [3.63, 3.8) is 0 Å². The minimum Gasteiger partial charge on any atom is -0.231 e. The number of alkyl halides is 5. The average Bonchev–Trinajstić information content (AvgIpc) is 1.87. The first-order chi connectivity index (χ1) is 4.95. The first-order valence-corrected chi connectivity index (χ1v) is 3.20. The highest BCUT2D eigenvalue weighted by molar-refractivity contribution is 4.84. The molecule has 0 rings (SSSR count). The molecule has 0 aliphatic carbocycles. The van der Waals surface area contributed by atoms with Crippen LogP contribution >= 0.6 is 0 Å². The summed E-state index contributed by atoms with van der Waals surface area (Å²) in [5.74, 6) is 0. The molecule has 0 unspecified atom stereocenters. The van der Waals surface area contributed by atoms with Gasteiger partial charge in [0.1, 0.15) is 0 Å². The van der Waals surface area contributed by atoms with Crippen molar-refractivity contribution < 1.29 is 22.0 Å². The lowest BCUT2D eigenvalue weighted by Gasteiger charge is -2.22. The molecular weight excluding hydrogens is 167 g/mol. The van der Waals surface area contributed by atoms with Gasteiger partial charge in [0.2, 0.25) is 5.67 Å². The van der Waals surface area contributed by atoms with Crippen LogP contribution in [0.3, 0.4) is 0 Å². The Morgan fingerprint density at radius 2 is 1.45 bits per heavy atom. The van der Waals surface area contributed by atoms with Gasteiger partial charge in [0, 0.05) is 0 Å². The molecule has 0 aliphatic rings. The van der Waals surface area contributed by atoms with E-state index in [1.54, 1.807) is 0 Å². The maximum atomic E-state index is 12.5. The molecular formula is C6H9F5. The highest BCUT2D eigenvalue weighted by Gasteiger charge is 2.48. The van der Waals surface area contributed by atoms with E-state index >= 15 is 0 Å². The van der Waals surface area contributed by atoms with Crippen LogP contribution in [0.15, 0.2) is 0 Å². The molecule has 0 amide bonds. The average molecular weight is 176 g/mol. The lowest BCUT2D eigenvalue weighted by atomic mass is 10.0. The maximum Gasteiger partial charge on any atom is 0.277 e. The Bertz CT molecular complexity index is 104. The Morgan fingerprint density at radius 3 is 1.55 bits per heavy atom. The third-order valence-corrected chi connectivity index (χ3v) is 1.36. The van der Waals surface area contributed by atoms with Crippen LogP contribution in [-0.2, 0) is 0 Å². The van der Waals surface area contributed by atoms with Crippen molar-refractivity contribution in [3.8, 4) is 0 Å². The Kier molecular flexibility index (Phi) is 3.75. The standard InChI is InChI=1S/C6H9F5/c1-2-3-6(11,4(7)8)5(9)10/h4-5H,2-3H2,1H3. The summed E-state index contributed by atoms with van der Waals surface area (Å²) in [6.45, 7) is 1.37. The van der Waals surface area contributed by atoms with Gasteiger partial charge in [-0.2, -0.15) is 0 Å². The third-order valence-electron chi connectivity index (χ3n) is 1.36. The molecule has 0 heterocycles. The molecule has 0 N–H and O–H groups in total. The zero-order valence-electron chi connectivity index (χ0n) is 5.96. The van der Waals surface area contributed by atoms with Crippen LogP contribution in [0.2, 0.25) is 0 Å². The summed E-state index contributed by atoms with van der Waals surface area (Å²) in [6.07, 6.45) is -8.04. The number of halogens is 5. The van der Waals surface area contributed by atoms with E-state index in [0.717, 1.165) is 0 Å². The van der Waals surface area contributed by atoms with Crippen LogP contribution in [0.1, 0.15) is 19.8 Å². The van der Waals surface area contributed by atoms with Gasteiger partial charge in [-0.05, 0) is 6.42 Å². The van der Waals surface area contributed by atoms with Crippen LogP contribution in [0.25, 0.3) is 0 Å². The lowest BCUT2D eigenvalue weighted by molar-refractivity contribution is -0.131. The number of hydrogen-bond acceptors (Lipinski definition) is 0. The van der Waals surface area contributed by atoms with Crippen LogP contribution < -0.4 is 0 Å². The zero-order chi connectivity index (χ0) is 9.07. The van der Waals surface area contributed by atoms with Gasteiger partial charge in [-0.15, -0.1) is 0 Å². The fourth-order valence-electron chi connectivity index (χ4n) is 0.697. The van der Waals surface area contributed by atoms with Crippen LogP contribution in [0.4, 0.5) is 22.0 Å². The molecule has 0 spiro atoms. The summed E-state index contributed by atoms with van der Waals surface area (Å²) in [6, 6.07) is 0. The first-order valence-electron chi connectivity index (χ1n) is 3.20. The Labute approximate surface area is 61.4 Å². The molecule has 0 bridgehead atoms. The third kappa shape index (κ3) is 2.31. The minimum absolute atomic E-state index is 0.0226. The lowest BCUT2D eigenvalue weighted by Crippen LogP contribution is -2.39. The summed E-state index contributed by atoms with van der Waals surface area (Å²) in [5.41, 5.74) is -3.62. The van der Waals surface area contributed by atoms with E-state index in [0.29, 0.717) is 0 Å². The second kappa shape index (κ2) is 3.88. The predicted octanol–water partition coefficient (Wildman–Crippen LogP) is 3.03. The largest absolute Gasteiger partial charge is 0.277 e. The number of hydrogen-bond donors (Lipinski definition) is 0. The fourth-order valence-corrected chi connectivity index (χ4v) is 0.697. The molecule has 0 aromatic heterocycles. The van der Waals surface area contributed by atoms with E-state index in [1.165, 1.54) is 6.92 Å².